The third-order valence-corrected chi connectivity index (χ3v) is 2.85. The molecule has 1 aromatic carbocycles. The lowest BCUT2D eigenvalue weighted by Crippen LogP contribution is -2.16. The summed E-state index contributed by atoms with van der Waals surface area (Å²) in [6, 6.07) is 5.93. The number of thiol groups is 1. The van der Waals surface area contributed by atoms with Crippen molar-refractivity contribution >= 4 is 42.3 Å². The van der Waals surface area contributed by atoms with E-state index in [1.54, 1.807) is 18.2 Å². The Bertz CT molecular complexity index is 307. The molecule has 0 aliphatic carbocycles. The number of benzene rings is 1. The Morgan fingerprint density at radius 1 is 1.39 bits per heavy atom. The Balaban J connectivity index is 0.000000278. The smallest absolute Gasteiger partial charge is 0.290 e. The molecule has 0 aromatic heterocycles. The van der Waals surface area contributed by atoms with Gasteiger partial charge in [0.05, 0.1) is 0 Å². The maximum absolute atomic E-state index is 8.36. The lowest BCUT2D eigenvalue weighted by Gasteiger charge is -1.95. The third-order valence-electron chi connectivity index (χ3n) is 2.15. The van der Waals surface area contributed by atoms with Crippen molar-refractivity contribution in [2.75, 3.05) is 6.54 Å². The van der Waals surface area contributed by atoms with Gasteiger partial charge in [-0.05, 0) is 44.5 Å². The van der Waals surface area contributed by atoms with E-state index in [-0.39, 0.29) is 6.47 Å². The third kappa shape index (κ3) is 9.59. The SMILES string of the molecule is CC1CCCN1.O=CO.Sc1cc(Cl)cc(Cl)c1. The molecule has 1 aliphatic heterocycles. The van der Waals surface area contributed by atoms with E-state index in [9.17, 15) is 0 Å². The molecule has 1 saturated heterocycles. The van der Waals surface area contributed by atoms with Crippen molar-refractivity contribution in [1.29, 1.82) is 0 Å². The number of carbonyl (C=O) groups is 1. The molecule has 0 spiro atoms. The van der Waals surface area contributed by atoms with Gasteiger partial charge in [0.15, 0.2) is 0 Å². The van der Waals surface area contributed by atoms with Crippen molar-refractivity contribution < 1.29 is 9.90 Å². The quantitative estimate of drug-likeness (QED) is 0.505. The number of rotatable bonds is 0. The van der Waals surface area contributed by atoms with Crippen LogP contribution >= 0.6 is 35.8 Å². The zero-order valence-corrected chi connectivity index (χ0v) is 12.5. The van der Waals surface area contributed by atoms with Gasteiger partial charge in [0.25, 0.3) is 6.47 Å². The second-order valence-electron chi connectivity index (χ2n) is 3.73. The molecule has 1 fully saturated rings. The average Bonchev–Trinajstić information content (AvgIpc) is 2.68. The molecular weight excluding hydrogens is 293 g/mol. The number of hydrogen-bond donors (Lipinski definition) is 3. The van der Waals surface area contributed by atoms with Crippen LogP contribution in [0.4, 0.5) is 0 Å². The number of nitrogens with one attached hydrogen (secondary N) is 1. The van der Waals surface area contributed by atoms with Crippen LogP contribution in [0.5, 0.6) is 0 Å². The molecular formula is C12H17Cl2NO2S. The first kappa shape index (κ1) is 17.6. The predicted octanol–water partition coefficient (Wildman–Crippen LogP) is 3.74. The fraction of sp³-hybridized carbons (Fsp3) is 0.417. The van der Waals surface area contributed by atoms with E-state index < -0.39 is 0 Å². The van der Waals surface area contributed by atoms with Crippen LogP contribution in [0.1, 0.15) is 19.8 Å². The molecule has 1 heterocycles. The fourth-order valence-electron chi connectivity index (χ4n) is 1.40. The summed E-state index contributed by atoms with van der Waals surface area (Å²) in [6.07, 6.45) is 2.75. The molecule has 0 saturated carbocycles. The van der Waals surface area contributed by atoms with Gasteiger partial charge in [-0.25, -0.2) is 0 Å². The molecule has 0 bridgehead atoms. The number of carboxylic acid groups (broad SMARTS) is 1. The number of hydrogen-bond acceptors (Lipinski definition) is 3. The van der Waals surface area contributed by atoms with E-state index in [2.05, 4.69) is 24.9 Å². The minimum absolute atomic E-state index is 0.250. The van der Waals surface area contributed by atoms with Gasteiger partial charge in [-0.2, -0.15) is 0 Å². The molecule has 1 aromatic rings. The van der Waals surface area contributed by atoms with Crippen LogP contribution in [0.2, 0.25) is 10.0 Å². The molecule has 2 rings (SSSR count). The minimum Gasteiger partial charge on any atom is -0.483 e. The lowest BCUT2D eigenvalue weighted by molar-refractivity contribution is -0.122. The summed E-state index contributed by atoms with van der Waals surface area (Å²) >= 11 is 15.3. The van der Waals surface area contributed by atoms with Crippen LogP contribution in [-0.2, 0) is 4.79 Å². The second kappa shape index (κ2) is 10.5. The van der Waals surface area contributed by atoms with E-state index >= 15 is 0 Å². The Kier molecular flexibility index (Phi) is 10.3. The van der Waals surface area contributed by atoms with E-state index in [1.165, 1.54) is 19.4 Å². The Hall–Kier alpha value is -0.420. The fourth-order valence-corrected chi connectivity index (χ4v) is 2.35. The van der Waals surface area contributed by atoms with Gasteiger partial charge in [-0.3, -0.25) is 4.79 Å². The predicted molar refractivity (Wildman–Crippen MR) is 79.1 cm³/mol. The van der Waals surface area contributed by atoms with Crippen LogP contribution in [0.25, 0.3) is 0 Å². The molecule has 0 radical (unpaired) electrons. The summed E-state index contributed by atoms with van der Waals surface area (Å²) in [5.74, 6) is 0. The highest BCUT2D eigenvalue weighted by Crippen LogP contribution is 2.20. The van der Waals surface area contributed by atoms with E-state index in [0.29, 0.717) is 10.0 Å². The van der Waals surface area contributed by atoms with Gasteiger partial charge in [0.2, 0.25) is 0 Å². The molecule has 1 unspecified atom stereocenters. The Morgan fingerprint density at radius 2 is 1.89 bits per heavy atom. The minimum atomic E-state index is -0.250. The highest BCUT2D eigenvalue weighted by atomic mass is 35.5. The van der Waals surface area contributed by atoms with Crippen molar-refractivity contribution in [1.82, 2.24) is 5.32 Å². The molecule has 1 aliphatic rings. The van der Waals surface area contributed by atoms with E-state index in [4.69, 9.17) is 33.1 Å². The van der Waals surface area contributed by atoms with Crippen LogP contribution in [0, 0.1) is 0 Å². The number of halogens is 2. The lowest BCUT2D eigenvalue weighted by atomic mass is 10.3. The van der Waals surface area contributed by atoms with Crippen molar-refractivity contribution in [2.24, 2.45) is 0 Å². The molecule has 102 valence electrons. The molecule has 1 atom stereocenters. The zero-order chi connectivity index (χ0) is 14.0. The molecule has 3 nitrogen and oxygen atoms in total. The summed E-state index contributed by atoms with van der Waals surface area (Å²) in [5, 5.41) is 11.4. The molecule has 6 heteroatoms. The van der Waals surface area contributed by atoms with Crippen molar-refractivity contribution in [3.05, 3.63) is 28.2 Å². The van der Waals surface area contributed by atoms with Crippen molar-refractivity contribution in [3.8, 4) is 0 Å². The summed E-state index contributed by atoms with van der Waals surface area (Å²) in [5.41, 5.74) is 0. The second-order valence-corrected chi connectivity index (χ2v) is 5.12. The van der Waals surface area contributed by atoms with E-state index in [1.807, 2.05) is 0 Å². The zero-order valence-electron chi connectivity index (χ0n) is 10.1. The van der Waals surface area contributed by atoms with Crippen molar-refractivity contribution in [2.45, 2.75) is 30.7 Å². The van der Waals surface area contributed by atoms with Gasteiger partial charge < -0.3 is 10.4 Å². The normalized spacial score (nSPS) is 17.0. The van der Waals surface area contributed by atoms with Gasteiger partial charge in [-0.15, -0.1) is 12.6 Å². The van der Waals surface area contributed by atoms with E-state index in [0.717, 1.165) is 10.9 Å². The maximum Gasteiger partial charge on any atom is 0.290 e. The maximum atomic E-state index is 8.36. The van der Waals surface area contributed by atoms with Gasteiger partial charge >= 0.3 is 0 Å². The van der Waals surface area contributed by atoms with Gasteiger partial charge in [0, 0.05) is 21.0 Å². The highest BCUT2D eigenvalue weighted by Gasteiger charge is 2.05. The first-order valence-electron chi connectivity index (χ1n) is 5.46. The van der Waals surface area contributed by atoms with Crippen LogP contribution in [0.3, 0.4) is 0 Å². The van der Waals surface area contributed by atoms with Crippen LogP contribution in [0.15, 0.2) is 23.1 Å². The largest absolute Gasteiger partial charge is 0.483 e. The monoisotopic (exact) mass is 309 g/mol. The summed E-state index contributed by atoms with van der Waals surface area (Å²) in [4.78, 5) is 9.15. The topological polar surface area (TPSA) is 49.3 Å². The Labute approximate surface area is 123 Å². The summed E-state index contributed by atoms with van der Waals surface area (Å²) < 4.78 is 0. The first-order valence-corrected chi connectivity index (χ1v) is 6.66. The summed E-state index contributed by atoms with van der Waals surface area (Å²) in [6.45, 7) is 3.22. The Morgan fingerprint density at radius 3 is 2.11 bits per heavy atom. The highest BCUT2D eigenvalue weighted by molar-refractivity contribution is 7.80. The molecule has 2 N–H and O–H groups in total. The average molecular weight is 310 g/mol. The molecule has 0 amide bonds. The van der Waals surface area contributed by atoms with Gasteiger partial charge in [0.1, 0.15) is 0 Å². The van der Waals surface area contributed by atoms with Crippen molar-refractivity contribution in [3.63, 3.8) is 0 Å². The van der Waals surface area contributed by atoms with Crippen LogP contribution in [-0.4, -0.2) is 24.2 Å². The summed E-state index contributed by atoms with van der Waals surface area (Å²) in [7, 11) is 0. The standard InChI is InChI=1S/C6H4Cl2S.C5H11N.CH2O2/c7-4-1-5(8)3-6(9)2-4;1-5-3-2-4-6-5;2-1-3/h1-3,9H;5-6H,2-4H2,1H3;1H,(H,2,3). The van der Waals surface area contributed by atoms with Crippen LogP contribution < -0.4 is 5.32 Å². The first-order chi connectivity index (χ1) is 8.49. The molecule has 18 heavy (non-hydrogen) atoms. The van der Waals surface area contributed by atoms with Gasteiger partial charge in [-0.1, -0.05) is 23.2 Å².